The summed E-state index contributed by atoms with van der Waals surface area (Å²) in [6.07, 6.45) is 0. The van der Waals surface area contributed by atoms with Crippen molar-refractivity contribution in [1.82, 2.24) is 4.90 Å². The minimum absolute atomic E-state index is 0.0487. The average molecular weight is 142 g/mol. The van der Waals surface area contributed by atoms with Crippen LogP contribution in [0.1, 0.15) is 20.8 Å². The molecule has 0 aliphatic carbocycles. The van der Waals surface area contributed by atoms with Crippen LogP contribution in [-0.2, 0) is 4.79 Å². The van der Waals surface area contributed by atoms with Crippen LogP contribution < -0.4 is 5.73 Å². The first-order chi connectivity index (χ1) is 4.43. The van der Waals surface area contributed by atoms with E-state index in [9.17, 15) is 4.79 Å². The number of likely N-dealkylation sites (tertiary alicyclic amines) is 1. The Kier molecular flexibility index (Phi) is 1.47. The van der Waals surface area contributed by atoms with Gasteiger partial charge in [0.25, 0.3) is 0 Å². The van der Waals surface area contributed by atoms with Crippen LogP contribution in [0, 0.1) is 0 Å². The molecule has 0 spiro atoms. The van der Waals surface area contributed by atoms with Gasteiger partial charge < -0.3 is 10.6 Å². The van der Waals surface area contributed by atoms with E-state index >= 15 is 0 Å². The number of β-lactam (4-membered cyclic amide) rings is 1. The molecule has 1 heterocycles. The van der Waals surface area contributed by atoms with E-state index in [4.69, 9.17) is 5.73 Å². The minimum atomic E-state index is -0.237. The van der Waals surface area contributed by atoms with Crippen LogP contribution in [0.3, 0.4) is 0 Å². The zero-order valence-corrected chi connectivity index (χ0v) is 6.72. The highest BCUT2D eigenvalue weighted by atomic mass is 16.2. The van der Waals surface area contributed by atoms with E-state index in [-0.39, 0.29) is 17.5 Å². The van der Waals surface area contributed by atoms with Crippen molar-refractivity contribution in [2.45, 2.75) is 32.4 Å². The highest BCUT2D eigenvalue weighted by Crippen LogP contribution is 2.20. The summed E-state index contributed by atoms with van der Waals surface area (Å²) in [6, 6.07) is -0.237. The van der Waals surface area contributed by atoms with Crippen molar-refractivity contribution in [3.05, 3.63) is 0 Å². The molecule has 0 aromatic carbocycles. The van der Waals surface area contributed by atoms with Crippen LogP contribution >= 0.6 is 0 Å². The van der Waals surface area contributed by atoms with Gasteiger partial charge in [0, 0.05) is 12.1 Å². The van der Waals surface area contributed by atoms with Crippen LogP contribution in [0.2, 0.25) is 0 Å². The maximum atomic E-state index is 11.0. The molecule has 1 rings (SSSR count). The number of carbonyl (C=O) groups excluding carboxylic acids is 1. The zero-order chi connectivity index (χ0) is 7.94. The predicted molar refractivity (Wildman–Crippen MR) is 39.4 cm³/mol. The lowest BCUT2D eigenvalue weighted by Gasteiger charge is -2.45. The topological polar surface area (TPSA) is 46.3 Å². The van der Waals surface area contributed by atoms with Gasteiger partial charge in [-0.15, -0.1) is 0 Å². The Hall–Kier alpha value is -0.570. The van der Waals surface area contributed by atoms with Crippen molar-refractivity contribution in [3.8, 4) is 0 Å². The van der Waals surface area contributed by atoms with Crippen LogP contribution in [0.15, 0.2) is 0 Å². The molecule has 0 bridgehead atoms. The molecule has 1 unspecified atom stereocenters. The average Bonchev–Trinajstić information content (AvgIpc) is 1.79. The molecule has 3 nitrogen and oxygen atoms in total. The SMILES string of the molecule is CC(C)(C)N1CC(N)C1=O. The van der Waals surface area contributed by atoms with E-state index < -0.39 is 0 Å². The first-order valence-electron chi connectivity index (χ1n) is 3.50. The van der Waals surface area contributed by atoms with Gasteiger partial charge in [-0.1, -0.05) is 0 Å². The van der Waals surface area contributed by atoms with Crippen molar-refractivity contribution in [2.24, 2.45) is 5.73 Å². The van der Waals surface area contributed by atoms with Gasteiger partial charge in [0.1, 0.15) is 6.04 Å². The Morgan fingerprint density at radius 3 is 2.20 bits per heavy atom. The lowest BCUT2D eigenvalue weighted by Crippen LogP contribution is -2.66. The molecule has 1 amide bonds. The Morgan fingerprint density at radius 1 is 1.60 bits per heavy atom. The van der Waals surface area contributed by atoms with Gasteiger partial charge in [0.05, 0.1) is 0 Å². The molecule has 58 valence electrons. The Labute approximate surface area is 61.2 Å². The van der Waals surface area contributed by atoms with E-state index in [1.54, 1.807) is 4.90 Å². The minimum Gasteiger partial charge on any atom is -0.334 e. The summed E-state index contributed by atoms with van der Waals surface area (Å²) in [7, 11) is 0. The summed E-state index contributed by atoms with van der Waals surface area (Å²) >= 11 is 0. The van der Waals surface area contributed by atoms with E-state index in [1.807, 2.05) is 20.8 Å². The maximum Gasteiger partial charge on any atom is 0.241 e. The molecule has 0 aromatic heterocycles. The lowest BCUT2D eigenvalue weighted by molar-refractivity contribution is -0.149. The quantitative estimate of drug-likeness (QED) is 0.482. The number of hydrogen-bond donors (Lipinski definition) is 1. The largest absolute Gasteiger partial charge is 0.334 e. The fourth-order valence-electron chi connectivity index (χ4n) is 1.06. The van der Waals surface area contributed by atoms with E-state index in [1.165, 1.54) is 0 Å². The monoisotopic (exact) mass is 142 g/mol. The second-order valence-corrected chi connectivity index (χ2v) is 3.73. The molecular formula is C7H14N2O. The van der Waals surface area contributed by atoms with Gasteiger partial charge in [-0.3, -0.25) is 4.79 Å². The van der Waals surface area contributed by atoms with E-state index in [2.05, 4.69) is 0 Å². The fourth-order valence-corrected chi connectivity index (χ4v) is 1.06. The van der Waals surface area contributed by atoms with Crippen LogP contribution in [0.4, 0.5) is 0 Å². The molecule has 2 N–H and O–H groups in total. The Bertz CT molecular complexity index is 159. The zero-order valence-electron chi connectivity index (χ0n) is 6.72. The second-order valence-electron chi connectivity index (χ2n) is 3.73. The van der Waals surface area contributed by atoms with Crippen LogP contribution in [0.25, 0.3) is 0 Å². The third-order valence-electron chi connectivity index (χ3n) is 1.77. The van der Waals surface area contributed by atoms with Gasteiger partial charge in [-0.25, -0.2) is 0 Å². The lowest BCUT2D eigenvalue weighted by atomic mass is 9.97. The van der Waals surface area contributed by atoms with Gasteiger partial charge in [0.2, 0.25) is 5.91 Å². The van der Waals surface area contributed by atoms with Gasteiger partial charge in [-0.05, 0) is 20.8 Å². The smallest absolute Gasteiger partial charge is 0.241 e. The van der Waals surface area contributed by atoms with Crippen molar-refractivity contribution < 1.29 is 4.79 Å². The summed E-state index contributed by atoms with van der Waals surface area (Å²) in [5, 5.41) is 0. The van der Waals surface area contributed by atoms with Gasteiger partial charge >= 0.3 is 0 Å². The summed E-state index contributed by atoms with van der Waals surface area (Å²) in [6.45, 7) is 6.74. The predicted octanol–water partition coefficient (Wildman–Crippen LogP) is -0.0456. The standard InChI is InChI=1S/C7H14N2O/c1-7(2,3)9-4-5(8)6(9)10/h5H,4,8H2,1-3H3. The van der Waals surface area contributed by atoms with E-state index in [0.29, 0.717) is 6.54 Å². The number of amides is 1. The third-order valence-corrected chi connectivity index (χ3v) is 1.77. The molecule has 1 atom stereocenters. The second kappa shape index (κ2) is 1.95. The molecular weight excluding hydrogens is 128 g/mol. The van der Waals surface area contributed by atoms with Crippen LogP contribution in [0.5, 0.6) is 0 Å². The molecule has 1 saturated heterocycles. The highest BCUT2D eigenvalue weighted by Gasteiger charge is 2.39. The Balaban J connectivity index is 2.56. The van der Waals surface area contributed by atoms with Crippen molar-refractivity contribution in [2.75, 3.05) is 6.54 Å². The summed E-state index contributed by atoms with van der Waals surface area (Å²) < 4.78 is 0. The fraction of sp³-hybridized carbons (Fsp3) is 0.857. The Morgan fingerprint density at radius 2 is 2.10 bits per heavy atom. The van der Waals surface area contributed by atoms with E-state index in [0.717, 1.165) is 0 Å². The first-order valence-corrected chi connectivity index (χ1v) is 3.50. The highest BCUT2D eigenvalue weighted by molar-refractivity contribution is 5.88. The number of rotatable bonds is 0. The van der Waals surface area contributed by atoms with Crippen molar-refractivity contribution in [1.29, 1.82) is 0 Å². The summed E-state index contributed by atoms with van der Waals surface area (Å²) in [5.74, 6) is 0.0764. The molecule has 1 aliphatic rings. The number of hydrogen-bond acceptors (Lipinski definition) is 2. The first kappa shape index (κ1) is 7.54. The molecule has 0 saturated carbocycles. The summed E-state index contributed by atoms with van der Waals surface area (Å²) in [5.41, 5.74) is 5.37. The van der Waals surface area contributed by atoms with Crippen molar-refractivity contribution in [3.63, 3.8) is 0 Å². The molecule has 1 aliphatic heterocycles. The molecule has 10 heavy (non-hydrogen) atoms. The normalized spacial score (nSPS) is 26.6. The molecule has 0 radical (unpaired) electrons. The van der Waals surface area contributed by atoms with Gasteiger partial charge in [0.15, 0.2) is 0 Å². The third kappa shape index (κ3) is 1.01. The number of carbonyl (C=O) groups is 1. The van der Waals surface area contributed by atoms with Gasteiger partial charge in [-0.2, -0.15) is 0 Å². The van der Waals surface area contributed by atoms with Crippen LogP contribution in [-0.4, -0.2) is 28.9 Å². The van der Waals surface area contributed by atoms with Crippen molar-refractivity contribution >= 4 is 5.91 Å². The number of nitrogens with zero attached hydrogens (tertiary/aromatic N) is 1. The molecule has 1 fully saturated rings. The molecule has 3 heteroatoms. The maximum absolute atomic E-state index is 11.0. The summed E-state index contributed by atoms with van der Waals surface area (Å²) in [4.78, 5) is 12.8. The number of nitrogens with two attached hydrogens (primary N) is 1. The molecule has 0 aromatic rings.